The molecule has 2 rings (SSSR count). The Labute approximate surface area is 141 Å². The SMILES string of the molecule is CCOC(=O)CC(NC(=O)[C@@H]1CCC[C@@H]1CN)c1ccc(F)cc1. The summed E-state index contributed by atoms with van der Waals surface area (Å²) in [5.41, 5.74) is 6.43. The largest absolute Gasteiger partial charge is 0.466 e. The van der Waals surface area contributed by atoms with Gasteiger partial charge in [-0.1, -0.05) is 18.6 Å². The average Bonchev–Trinajstić information content (AvgIpc) is 3.04. The fourth-order valence-corrected chi connectivity index (χ4v) is 3.28. The van der Waals surface area contributed by atoms with Crippen LogP contribution in [0.2, 0.25) is 0 Å². The van der Waals surface area contributed by atoms with Gasteiger partial charge in [-0.25, -0.2) is 4.39 Å². The van der Waals surface area contributed by atoms with Crippen molar-refractivity contribution in [1.29, 1.82) is 0 Å². The van der Waals surface area contributed by atoms with Crippen LogP contribution in [-0.2, 0) is 14.3 Å². The van der Waals surface area contributed by atoms with Gasteiger partial charge in [0.2, 0.25) is 5.91 Å². The highest BCUT2D eigenvalue weighted by molar-refractivity contribution is 5.81. The molecule has 24 heavy (non-hydrogen) atoms. The predicted molar refractivity (Wildman–Crippen MR) is 88.4 cm³/mol. The number of amides is 1. The van der Waals surface area contributed by atoms with Gasteiger partial charge in [-0.05, 0) is 49.9 Å². The van der Waals surface area contributed by atoms with Crippen molar-refractivity contribution in [3.63, 3.8) is 0 Å². The molecule has 0 radical (unpaired) electrons. The molecule has 0 bridgehead atoms. The number of esters is 1. The number of nitrogens with two attached hydrogens (primary N) is 1. The summed E-state index contributed by atoms with van der Waals surface area (Å²) in [6.45, 7) is 2.49. The maximum atomic E-state index is 13.1. The Morgan fingerprint density at radius 2 is 2.04 bits per heavy atom. The molecule has 132 valence electrons. The minimum atomic E-state index is -0.531. The van der Waals surface area contributed by atoms with Gasteiger partial charge >= 0.3 is 5.97 Å². The molecule has 1 amide bonds. The Bertz CT molecular complexity index is 562. The van der Waals surface area contributed by atoms with Crippen LogP contribution in [0.1, 0.15) is 44.2 Å². The molecule has 1 aromatic carbocycles. The molecule has 5 nitrogen and oxygen atoms in total. The molecule has 3 atom stereocenters. The van der Waals surface area contributed by atoms with E-state index in [1.807, 2.05) is 0 Å². The number of benzene rings is 1. The smallest absolute Gasteiger partial charge is 0.308 e. The number of ether oxygens (including phenoxy) is 1. The molecular formula is C18H25FN2O3. The highest BCUT2D eigenvalue weighted by Gasteiger charge is 2.33. The second-order valence-electron chi connectivity index (χ2n) is 6.16. The zero-order chi connectivity index (χ0) is 17.5. The molecule has 1 aliphatic carbocycles. The van der Waals surface area contributed by atoms with Crippen LogP contribution >= 0.6 is 0 Å². The fraction of sp³-hybridized carbons (Fsp3) is 0.556. The number of nitrogens with one attached hydrogen (secondary N) is 1. The number of hydrogen-bond acceptors (Lipinski definition) is 4. The van der Waals surface area contributed by atoms with Gasteiger partial charge in [-0.3, -0.25) is 9.59 Å². The number of carbonyl (C=O) groups excluding carboxylic acids is 2. The zero-order valence-corrected chi connectivity index (χ0v) is 14.0. The number of carbonyl (C=O) groups is 2. The zero-order valence-electron chi connectivity index (χ0n) is 14.0. The maximum Gasteiger partial charge on any atom is 0.308 e. The van der Waals surface area contributed by atoms with E-state index in [-0.39, 0.29) is 36.6 Å². The van der Waals surface area contributed by atoms with Crippen LogP contribution in [0, 0.1) is 17.7 Å². The van der Waals surface area contributed by atoms with Gasteiger partial charge in [0, 0.05) is 5.92 Å². The Morgan fingerprint density at radius 1 is 1.33 bits per heavy atom. The molecule has 3 N–H and O–H groups in total. The molecule has 0 saturated heterocycles. The van der Waals surface area contributed by atoms with Crippen molar-refractivity contribution in [2.75, 3.05) is 13.2 Å². The van der Waals surface area contributed by atoms with E-state index >= 15 is 0 Å². The van der Waals surface area contributed by atoms with Crippen molar-refractivity contribution in [3.05, 3.63) is 35.6 Å². The van der Waals surface area contributed by atoms with E-state index in [0.717, 1.165) is 19.3 Å². The summed E-state index contributed by atoms with van der Waals surface area (Å²) in [7, 11) is 0. The topological polar surface area (TPSA) is 81.4 Å². The van der Waals surface area contributed by atoms with E-state index < -0.39 is 12.0 Å². The highest BCUT2D eigenvalue weighted by atomic mass is 19.1. The van der Waals surface area contributed by atoms with E-state index in [2.05, 4.69) is 5.32 Å². The predicted octanol–water partition coefficient (Wildman–Crippen LogP) is 2.31. The highest BCUT2D eigenvalue weighted by Crippen LogP contribution is 2.32. The first-order valence-corrected chi connectivity index (χ1v) is 8.46. The third-order valence-corrected chi connectivity index (χ3v) is 4.56. The van der Waals surface area contributed by atoms with Gasteiger partial charge in [0.1, 0.15) is 5.82 Å². The fourth-order valence-electron chi connectivity index (χ4n) is 3.28. The second-order valence-corrected chi connectivity index (χ2v) is 6.16. The molecule has 1 saturated carbocycles. The van der Waals surface area contributed by atoms with Crippen molar-refractivity contribution in [2.24, 2.45) is 17.6 Å². The summed E-state index contributed by atoms with van der Waals surface area (Å²) < 4.78 is 18.1. The molecule has 6 heteroatoms. The third-order valence-electron chi connectivity index (χ3n) is 4.56. The molecule has 0 heterocycles. The van der Waals surface area contributed by atoms with Crippen molar-refractivity contribution >= 4 is 11.9 Å². The molecule has 1 unspecified atom stereocenters. The lowest BCUT2D eigenvalue weighted by Crippen LogP contribution is -2.38. The van der Waals surface area contributed by atoms with Gasteiger partial charge in [-0.2, -0.15) is 0 Å². The van der Waals surface area contributed by atoms with Gasteiger partial charge in [-0.15, -0.1) is 0 Å². The maximum absolute atomic E-state index is 13.1. The number of hydrogen-bond donors (Lipinski definition) is 2. The van der Waals surface area contributed by atoms with Crippen LogP contribution in [-0.4, -0.2) is 25.0 Å². The van der Waals surface area contributed by atoms with Crippen LogP contribution < -0.4 is 11.1 Å². The Balaban J connectivity index is 2.11. The standard InChI is InChI=1S/C18H25FN2O3/c1-2-24-17(22)10-16(12-6-8-14(19)9-7-12)21-18(23)15-5-3-4-13(15)11-20/h6-9,13,15-16H,2-5,10-11,20H2,1H3,(H,21,23)/t13-,15-,16?/m1/s1. The van der Waals surface area contributed by atoms with Crippen LogP contribution in [0.4, 0.5) is 4.39 Å². The monoisotopic (exact) mass is 336 g/mol. The lowest BCUT2D eigenvalue weighted by molar-refractivity contribution is -0.144. The van der Waals surface area contributed by atoms with Crippen molar-refractivity contribution in [3.8, 4) is 0 Å². The van der Waals surface area contributed by atoms with Crippen LogP contribution in [0.5, 0.6) is 0 Å². The molecular weight excluding hydrogens is 311 g/mol. The summed E-state index contributed by atoms with van der Waals surface area (Å²) >= 11 is 0. The van der Waals surface area contributed by atoms with E-state index in [1.54, 1.807) is 19.1 Å². The molecule has 0 aromatic heterocycles. The van der Waals surface area contributed by atoms with E-state index in [0.29, 0.717) is 12.1 Å². The van der Waals surface area contributed by atoms with Crippen molar-refractivity contribution in [2.45, 2.75) is 38.6 Å². The van der Waals surface area contributed by atoms with Gasteiger partial charge in [0.15, 0.2) is 0 Å². The quantitative estimate of drug-likeness (QED) is 0.749. The first-order valence-electron chi connectivity index (χ1n) is 8.46. The Kier molecular flexibility index (Phi) is 6.73. The molecule has 0 spiro atoms. The van der Waals surface area contributed by atoms with Crippen LogP contribution in [0.15, 0.2) is 24.3 Å². The first-order chi connectivity index (χ1) is 11.5. The second kappa shape index (κ2) is 8.78. The summed E-state index contributed by atoms with van der Waals surface area (Å²) in [6.07, 6.45) is 2.77. The third kappa shape index (κ3) is 4.77. The van der Waals surface area contributed by atoms with E-state index in [4.69, 9.17) is 10.5 Å². The summed E-state index contributed by atoms with van der Waals surface area (Å²) in [4.78, 5) is 24.5. The minimum Gasteiger partial charge on any atom is -0.466 e. The summed E-state index contributed by atoms with van der Waals surface area (Å²) in [6, 6.07) is 5.26. The summed E-state index contributed by atoms with van der Waals surface area (Å²) in [5, 5.41) is 2.93. The van der Waals surface area contributed by atoms with Crippen molar-refractivity contribution in [1.82, 2.24) is 5.32 Å². The van der Waals surface area contributed by atoms with E-state index in [1.165, 1.54) is 12.1 Å². The molecule has 1 fully saturated rings. The molecule has 1 aromatic rings. The lowest BCUT2D eigenvalue weighted by Gasteiger charge is -2.23. The lowest BCUT2D eigenvalue weighted by atomic mass is 9.94. The average molecular weight is 336 g/mol. The first kappa shape index (κ1) is 18.4. The number of halogens is 1. The Hall–Kier alpha value is -1.95. The molecule has 0 aliphatic heterocycles. The van der Waals surface area contributed by atoms with Crippen LogP contribution in [0.25, 0.3) is 0 Å². The van der Waals surface area contributed by atoms with E-state index in [9.17, 15) is 14.0 Å². The molecule has 1 aliphatic rings. The summed E-state index contributed by atoms with van der Waals surface area (Å²) in [5.74, 6) is -0.795. The van der Waals surface area contributed by atoms with Crippen molar-refractivity contribution < 1.29 is 18.7 Å². The van der Waals surface area contributed by atoms with Gasteiger partial charge < -0.3 is 15.8 Å². The Morgan fingerprint density at radius 3 is 2.67 bits per heavy atom. The van der Waals surface area contributed by atoms with Crippen LogP contribution in [0.3, 0.4) is 0 Å². The number of rotatable bonds is 7. The normalized spacial score (nSPS) is 21.3. The minimum absolute atomic E-state index is 0.0191. The van der Waals surface area contributed by atoms with Gasteiger partial charge in [0.05, 0.1) is 19.1 Å². The van der Waals surface area contributed by atoms with Gasteiger partial charge in [0.25, 0.3) is 0 Å².